The fourth-order valence-electron chi connectivity index (χ4n) is 3.95. The highest BCUT2D eigenvalue weighted by Crippen LogP contribution is 2.23. The molecular formula is C21H30N2O4. The van der Waals surface area contributed by atoms with Crippen molar-refractivity contribution in [3.8, 4) is 0 Å². The Morgan fingerprint density at radius 1 is 1.11 bits per heavy atom. The number of nitrogens with zero attached hydrogens (tertiary/aromatic N) is 1. The lowest BCUT2D eigenvalue weighted by Crippen LogP contribution is -2.52. The van der Waals surface area contributed by atoms with Crippen LogP contribution < -0.4 is 5.32 Å². The fourth-order valence-corrected chi connectivity index (χ4v) is 3.95. The summed E-state index contributed by atoms with van der Waals surface area (Å²) in [6, 6.07) is 9.36. The number of ether oxygens (including phenoxy) is 1. The molecule has 2 saturated heterocycles. The Hall–Kier alpha value is -1.92. The molecule has 0 aromatic heterocycles. The standard InChI is InChI=1S/C21H30N2O4/c24-15-19-18(22-20(25)13-16-7-3-1-4-8-16)10-9-17(27-19)14-21(26)23-11-5-2-6-12-23/h1,3-4,7-8,17-19,24H,2,5-6,9-15H2,(H,22,25)/t17-,18-,19-/m1/s1. The maximum atomic E-state index is 12.4. The number of benzene rings is 1. The predicted molar refractivity (Wildman–Crippen MR) is 102 cm³/mol. The summed E-state index contributed by atoms with van der Waals surface area (Å²) in [6.45, 7) is 1.52. The van der Waals surface area contributed by atoms with Gasteiger partial charge in [0.15, 0.2) is 0 Å². The third kappa shape index (κ3) is 5.78. The van der Waals surface area contributed by atoms with E-state index in [0.717, 1.165) is 31.5 Å². The van der Waals surface area contributed by atoms with Crippen LogP contribution in [0.4, 0.5) is 0 Å². The first-order valence-corrected chi connectivity index (χ1v) is 10.0. The molecule has 0 radical (unpaired) electrons. The number of hydrogen-bond donors (Lipinski definition) is 2. The second-order valence-electron chi connectivity index (χ2n) is 7.54. The van der Waals surface area contributed by atoms with Gasteiger partial charge in [-0.2, -0.15) is 0 Å². The van der Waals surface area contributed by atoms with E-state index < -0.39 is 6.10 Å². The molecule has 1 aromatic rings. The SMILES string of the molecule is O=C(Cc1ccccc1)N[C@@H]1CC[C@H](CC(=O)N2CCCCC2)O[C@@H]1CO. The van der Waals surface area contributed by atoms with E-state index in [0.29, 0.717) is 25.7 Å². The van der Waals surface area contributed by atoms with Crippen LogP contribution in [0.2, 0.25) is 0 Å². The number of likely N-dealkylation sites (tertiary alicyclic amines) is 1. The van der Waals surface area contributed by atoms with Crippen LogP contribution in [0, 0.1) is 0 Å². The van der Waals surface area contributed by atoms with Crippen LogP contribution in [-0.2, 0) is 20.7 Å². The number of carbonyl (C=O) groups is 2. The predicted octanol–water partition coefficient (Wildman–Crippen LogP) is 1.66. The minimum Gasteiger partial charge on any atom is -0.394 e. The highest BCUT2D eigenvalue weighted by atomic mass is 16.5. The fraction of sp³-hybridized carbons (Fsp3) is 0.619. The highest BCUT2D eigenvalue weighted by molar-refractivity contribution is 5.79. The molecule has 148 valence electrons. The van der Waals surface area contributed by atoms with Crippen molar-refractivity contribution in [2.45, 2.75) is 63.2 Å². The molecule has 3 rings (SSSR count). The first-order chi connectivity index (χ1) is 13.2. The summed E-state index contributed by atoms with van der Waals surface area (Å²) in [6.07, 6.45) is 4.80. The molecule has 0 aliphatic carbocycles. The van der Waals surface area contributed by atoms with E-state index in [1.807, 2.05) is 35.2 Å². The van der Waals surface area contributed by atoms with Crippen LogP contribution in [0.1, 0.15) is 44.1 Å². The first-order valence-electron chi connectivity index (χ1n) is 10.0. The van der Waals surface area contributed by atoms with E-state index in [2.05, 4.69) is 5.32 Å². The van der Waals surface area contributed by atoms with Crippen molar-refractivity contribution in [1.82, 2.24) is 10.2 Å². The van der Waals surface area contributed by atoms with Gasteiger partial charge in [-0.15, -0.1) is 0 Å². The monoisotopic (exact) mass is 374 g/mol. The number of aliphatic hydroxyl groups is 1. The number of piperidine rings is 1. The van der Waals surface area contributed by atoms with Crippen molar-refractivity contribution in [2.75, 3.05) is 19.7 Å². The zero-order valence-electron chi connectivity index (χ0n) is 15.8. The van der Waals surface area contributed by atoms with Crippen molar-refractivity contribution in [1.29, 1.82) is 0 Å². The number of aliphatic hydroxyl groups excluding tert-OH is 1. The van der Waals surface area contributed by atoms with Crippen LogP contribution in [0.25, 0.3) is 0 Å². The summed E-state index contributed by atoms with van der Waals surface area (Å²) in [5.74, 6) is 0.0686. The third-order valence-electron chi connectivity index (χ3n) is 5.46. The van der Waals surface area contributed by atoms with Crippen molar-refractivity contribution < 1.29 is 19.4 Å². The second kappa shape index (κ2) is 9.85. The lowest BCUT2D eigenvalue weighted by molar-refractivity contribution is -0.143. The lowest BCUT2D eigenvalue weighted by atomic mass is 9.96. The summed E-state index contributed by atoms with van der Waals surface area (Å²) >= 11 is 0. The van der Waals surface area contributed by atoms with Gasteiger partial charge in [0, 0.05) is 13.1 Å². The minimum atomic E-state index is -0.461. The molecule has 0 bridgehead atoms. The molecule has 0 unspecified atom stereocenters. The Bertz CT molecular complexity index is 616. The van der Waals surface area contributed by atoms with Gasteiger partial charge in [-0.25, -0.2) is 0 Å². The topological polar surface area (TPSA) is 78.9 Å². The van der Waals surface area contributed by atoms with Crippen LogP contribution >= 0.6 is 0 Å². The molecule has 2 heterocycles. The van der Waals surface area contributed by atoms with E-state index in [9.17, 15) is 14.7 Å². The number of nitrogens with one attached hydrogen (secondary N) is 1. The Kier molecular flexibility index (Phi) is 7.24. The molecule has 2 fully saturated rings. The molecule has 1 aromatic carbocycles. The second-order valence-corrected chi connectivity index (χ2v) is 7.54. The molecule has 6 nitrogen and oxygen atoms in total. The van der Waals surface area contributed by atoms with Gasteiger partial charge in [-0.1, -0.05) is 30.3 Å². The Labute approximate surface area is 160 Å². The molecule has 2 N–H and O–H groups in total. The largest absolute Gasteiger partial charge is 0.394 e. The minimum absolute atomic E-state index is 0.0731. The van der Waals surface area contributed by atoms with Crippen LogP contribution in [0.5, 0.6) is 0 Å². The van der Waals surface area contributed by atoms with Crippen molar-refractivity contribution in [3.63, 3.8) is 0 Å². The first kappa shape index (κ1) is 19.8. The number of amides is 2. The molecule has 2 amide bonds. The molecule has 3 atom stereocenters. The maximum Gasteiger partial charge on any atom is 0.225 e. The average molecular weight is 374 g/mol. The number of carbonyl (C=O) groups excluding carboxylic acids is 2. The van der Waals surface area contributed by atoms with E-state index in [1.54, 1.807) is 0 Å². The molecule has 2 aliphatic heterocycles. The van der Waals surface area contributed by atoms with Gasteiger partial charge in [0.25, 0.3) is 0 Å². The molecule has 0 spiro atoms. The molecular weight excluding hydrogens is 344 g/mol. The average Bonchev–Trinajstić information content (AvgIpc) is 2.70. The molecule has 0 saturated carbocycles. The van der Waals surface area contributed by atoms with Gasteiger partial charge in [0.2, 0.25) is 11.8 Å². The lowest BCUT2D eigenvalue weighted by Gasteiger charge is -2.37. The summed E-state index contributed by atoms with van der Waals surface area (Å²) < 4.78 is 5.95. The summed E-state index contributed by atoms with van der Waals surface area (Å²) in [7, 11) is 0. The Morgan fingerprint density at radius 2 is 1.85 bits per heavy atom. The highest BCUT2D eigenvalue weighted by Gasteiger charge is 2.33. The third-order valence-corrected chi connectivity index (χ3v) is 5.46. The maximum absolute atomic E-state index is 12.4. The summed E-state index contributed by atoms with van der Waals surface area (Å²) in [4.78, 5) is 26.7. The van der Waals surface area contributed by atoms with Crippen molar-refractivity contribution in [3.05, 3.63) is 35.9 Å². The van der Waals surface area contributed by atoms with Crippen LogP contribution in [-0.4, -0.2) is 59.8 Å². The van der Waals surface area contributed by atoms with Crippen LogP contribution in [0.3, 0.4) is 0 Å². The van der Waals surface area contributed by atoms with Gasteiger partial charge in [-0.05, 0) is 37.7 Å². The van der Waals surface area contributed by atoms with E-state index in [1.165, 1.54) is 6.42 Å². The quantitative estimate of drug-likeness (QED) is 0.794. The van der Waals surface area contributed by atoms with Crippen molar-refractivity contribution in [2.24, 2.45) is 0 Å². The van der Waals surface area contributed by atoms with Gasteiger partial charge in [0.05, 0.1) is 31.6 Å². The van der Waals surface area contributed by atoms with Gasteiger partial charge >= 0.3 is 0 Å². The molecule has 2 aliphatic rings. The van der Waals surface area contributed by atoms with Gasteiger partial charge < -0.3 is 20.1 Å². The summed E-state index contributed by atoms with van der Waals surface area (Å²) in [5, 5.41) is 12.7. The van der Waals surface area contributed by atoms with E-state index in [-0.39, 0.29) is 30.6 Å². The zero-order chi connectivity index (χ0) is 19.1. The smallest absolute Gasteiger partial charge is 0.225 e. The molecule has 6 heteroatoms. The number of rotatable bonds is 6. The van der Waals surface area contributed by atoms with Gasteiger partial charge in [0.1, 0.15) is 6.10 Å². The van der Waals surface area contributed by atoms with Crippen LogP contribution in [0.15, 0.2) is 30.3 Å². The Morgan fingerprint density at radius 3 is 2.56 bits per heavy atom. The Balaban J connectivity index is 1.47. The zero-order valence-corrected chi connectivity index (χ0v) is 15.8. The number of hydrogen-bond acceptors (Lipinski definition) is 4. The summed E-state index contributed by atoms with van der Waals surface area (Å²) in [5.41, 5.74) is 0.956. The van der Waals surface area contributed by atoms with E-state index >= 15 is 0 Å². The van der Waals surface area contributed by atoms with Crippen molar-refractivity contribution >= 4 is 11.8 Å². The molecule has 27 heavy (non-hydrogen) atoms. The normalized spacial score (nSPS) is 25.8. The van der Waals surface area contributed by atoms with Gasteiger partial charge in [-0.3, -0.25) is 9.59 Å². The van der Waals surface area contributed by atoms with E-state index in [4.69, 9.17) is 4.74 Å².